The van der Waals surface area contributed by atoms with Crippen LogP contribution in [0.2, 0.25) is 0 Å². The topological polar surface area (TPSA) is 107 Å². The second-order valence-corrected chi connectivity index (χ2v) is 5.71. The van der Waals surface area contributed by atoms with E-state index < -0.39 is 5.97 Å². The first-order valence-electron chi connectivity index (χ1n) is 8.91. The molecule has 0 aromatic heterocycles. The quantitative estimate of drug-likeness (QED) is 0.457. The van der Waals surface area contributed by atoms with E-state index in [9.17, 15) is 14.7 Å². The van der Waals surface area contributed by atoms with Gasteiger partial charge in [-0.3, -0.25) is 9.59 Å². The molecule has 0 atom stereocenters. The van der Waals surface area contributed by atoms with E-state index in [0.717, 1.165) is 44.9 Å². The number of aliphatic hydroxyl groups is 1. The van der Waals surface area contributed by atoms with Gasteiger partial charge >= 0.3 is 5.97 Å². The number of aliphatic carboxylic acids is 1. The molecule has 6 heteroatoms. The first-order chi connectivity index (χ1) is 12.0. The molecule has 0 aliphatic heterocycles. The highest BCUT2D eigenvalue weighted by molar-refractivity contribution is 5.96. The minimum atomic E-state index is -0.722. The summed E-state index contributed by atoms with van der Waals surface area (Å²) >= 11 is 0. The highest BCUT2D eigenvalue weighted by Crippen LogP contribution is 2.15. The average molecular weight is 353 g/mol. The van der Waals surface area contributed by atoms with Gasteiger partial charge < -0.3 is 20.6 Å². The summed E-state index contributed by atoms with van der Waals surface area (Å²) in [5.41, 5.74) is 0.306. The first-order valence-corrected chi connectivity index (χ1v) is 8.91. The van der Waals surface area contributed by atoms with Gasteiger partial charge in [0.2, 0.25) is 0 Å². The van der Waals surface area contributed by atoms with Gasteiger partial charge in [0, 0.05) is 19.6 Å². The number of aromatic hydroxyl groups is 1. The Morgan fingerprint density at radius 3 is 2.04 bits per heavy atom. The summed E-state index contributed by atoms with van der Waals surface area (Å²) in [7, 11) is 0. The van der Waals surface area contributed by atoms with Crippen LogP contribution in [0.4, 0.5) is 0 Å². The van der Waals surface area contributed by atoms with Gasteiger partial charge in [0.1, 0.15) is 5.75 Å². The van der Waals surface area contributed by atoms with Crippen LogP contribution < -0.4 is 5.32 Å². The number of phenolic OH excluding ortho intramolecular Hbond substituents is 1. The third-order valence-electron chi connectivity index (χ3n) is 3.50. The number of rotatable bonds is 11. The summed E-state index contributed by atoms with van der Waals surface area (Å²) in [5.74, 6) is -0.965. The van der Waals surface area contributed by atoms with E-state index in [1.165, 1.54) is 6.07 Å². The van der Waals surface area contributed by atoms with Crippen LogP contribution in [0.25, 0.3) is 0 Å². The van der Waals surface area contributed by atoms with Crippen molar-refractivity contribution in [3.8, 4) is 5.75 Å². The number of benzene rings is 1. The van der Waals surface area contributed by atoms with Crippen LogP contribution in [0.3, 0.4) is 0 Å². The van der Waals surface area contributed by atoms with Crippen molar-refractivity contribution < 1.29 is 24.9 Å². The molecular formula is C19H31NO5. The third kappa shape index (κ3) is 12.9. The Balaban J connectivity index is 0.00000178. The van der Waals surface area contributed by atoms with Crippen LogP contribution in [-0.2, 0) is 4.79 Å². The number of phenols is 1. The predicted octanol–water partition coefficient (Wildman–Crippen LogP) is 3.33. The number of carbonyl (C=O) groups excluding carboxylic acids is 1. The van der Waals surface area contributed by atoms with E-state index in [2.05, 4.69) is 5.32 Å². The second-order valence-electron chi connectivity index (χ2n) is 5.71. The monoisotopic (exact) mass is 353 g/mol. The molecule has 0 bridgehead atoms. The van der Waals surface area contributed by atoms with Crippen molar-refractivity contribution in [2.75, 3.05) is 13.2 Å². The van der Waals surface area contributed by atoms with Gasteiger partial charge in [-0.05, 0) is 31.9 Å². The lowest BCUT2D eigenvalue weighted by Gasteiger charge is -2.06. The zero-order valence-electron chi connectivity index (χ0n) is 15.0. The average Bonchev–Trinajstić information content (AvgIpc) is 2.57. The van der Waals surface area contributed by atoms with E-state index in [-0.39, 0.29) is 24.7 Å². The van der Waals surface area contributed by atoms with E-state index in [4.69, 9.17) is 10.2 Å². The Bertz CT molecular complexity index is 490. The molecule has 0 fully saturated rings. The maximum absolute atomic E-state index is 11.8. The van der Waals surface area contributed by atoms with Gasteiger partial charge in [0.15, 0.2) is 0 Å². The van der Waals surface area contributed by atoms with Crippen LogP contribution in [0.15, 0.2) is 24.3 Å². The number of nitrogens with one attached hydrogen (secondary N) is 1. The van der Waals surface area contributed by atoms with Gasteiger partial charge in [-0.15, -0.1) is 0 Å². The van der Waals surface area contributed by atoms with Gasteiger partial charge in [-0.2, -0.15) is 0 Å². The van der Waals surface area contributed by atoms with Gasteiger partial charge in [-0.1, -0.05) is 44.2 Å². The van der Waals surface area contributed by atoms with Gasteiger partial charge in [-0.25, -0.2) is 0 Å². The summed E-state index contributed by atoms with van der Waals surface area (Å²) in [4.78, 5) is 22.1. The molecule has 0 spiro atoms. The molecule has 0 saturated heterocycles. The van der Waals surface area contributed by atoms with Crippen LogP contribution in [-0.4, -0.2) is 40.3 Å². The molecule has 0 unspecified atom stereocenters. The normalized spacial score (nSPS) is 9.84. The number of amides is 1. The highest BCUT2D eigenvalue weighted by Gasteiger charge is 2.08. The summed E-state index contributed by atoms with van der Waals surface area (Å²) in [6.45, 7) is 2.53. The Hall–Kier alpha value is -2.08. The molecule has 1 rings (SSSR count). The predicted molar refractivity (Wildman–Crippen MR) is 97.8 cm³/mol. The Morgan fingerprint density at radius 2 is 1.48 bits per heavy atom. The molecule has 0 radical (unpaired) electrons. The number of carboxylic acid groups (broad SMARTS) is 1. The van der Waals surface area contributed by atoms with Crippen molar-refractivity contribution in [2.45, 2.75) is 58.3 Å². The number of carbonyl (C=O) groups is 2. The fraction of sp³-hybridized carbons (Fsp3) is 0.579. The molecule has 4 N–H and O–H groups in total. The van der Waals surface area contributed by atoms with Crippen molar-refractivity contribution in [3.05, 3.63) is 29.8 Å². The molecule has 1 aromatic carbocycles. The van der Waals surface area contributed by atoms with Gasteiger partial charge in [0.05, 0.1) is 5.56 Å². The van der Waals surface area contributed by atoms with Crippen LogP contribution >= 0.6 is 0 Å². The molecule has 25 heavy (non-hydrogen) atoms. The minimum Gasteiger partial charge on any atom is -0.507 e. The highest BCUT2D eigenvalue weighted by atomic mass is 16.4. The lowest BCUT2D eigenvalue weighted by atomic mass is 10.1. The van der Waals surface area contributed by atoms with E-state index in [1.54, 1.807) is 25.1 Å². The summed E-state index contributed by atoms with van der Waals surface area (Å²) in [5, 5.41) is 28.4. The number of hydrogen-bond donors (Lipinski definition) is 4. The number of carboxylic acids is 1. The molecule has 0 aliphatic rings. The SMILES string of the molecule is CCO.O=C(O)CCCCCCCCCNC(=O)c1ccccc1O. The molecule has 6 nitrogen and oxygen atoms in total. The number of unbranched alkanes of at least 4 members (excludes halogenated alkanes) is 6. The number of aliphatic hydroxyl groups excluding tert-OH is 1. The van der Waals surface area contributed by atoms with Crippen LogP contribution in [0, 0.1) is 0 Å². The zero-order chi connectivity index (χ0) is 18.9. The standard InChI is InChI=1S/C17H25NO4.C2H6O/c19-15-11-8-7-10-14(15)17(22)18-13-9-5-3-1-2-4-6-12-16(20)21;1-2-3/h7-8,10-11,19H,1-6,9,12-13H2,(H,18,22)(H,20,21);3H,2H2,1H3. The Kier molecular flexibility index (Phi) is 14.2. The van der Waals surface area contributed by atoms with Crippen molar-refractivity contribution in [2.24, 2.45) is 0 Å². The fourth-order valence-electron chi connectivity index (χ4n) is 2.25. The van der Waals surface area contributed by atoms with Crippen molar-refractivity contribution in [3.63, 3.8) is 0 Å². The second kappa shape index (κ2) is 15.4. The molecule has 1 amide bonds. The van der Waals surface area contributed by atoms with E-state index in [0.29, 0.717) is 12.1 Å². The molecule has 1 aromatic rings. The first kappa shape index (κ1) is 22.9. The maximum atomic E-state index is 11.8. The smallest absolute Gasteiger partial charge is 0.303 e. The summed E-state index contributed by atoms with van der Waals surface area (Å²) < 4.78 is 0. The Labute approximate surface area is 149 Å². The van der Waals surface area contributed by atoms with Crippen LogP contribution in [0.1, 0.15) is 68.6 Å². The van der Waals surface area contributed by atoms with Crippen molar-refractivity contribution in [1.29, 1.82) is 0 Å². The van der Waals surface area contributed by atoms with Crippen molar-refractivity contribution in [1.82, 2.24) is 5.32 Å². The summed E-state index contributed by atoms with van der Waals surface area (Å²) in [6.07, 6.45) is 7.21. The Morgan fingerprint density at radius 1 is 0.960 bits per heavy atom. The largest absolute Gasteiger partial charge is 0.507 e. The lowest BCUT2D eigenvalue weighted by Crippen LogP contribution is -2.24. The fourth-order valence-corrected chi connectivity index (χ4v) is 2.25. The minimum absolute atomic E-state index is 0.00126. The molecular weight excluding hydrogens is 322 g/mol. The van der Waals surface area contributed by atoms with Crippen LogP contribution in [0.5, 0.6) is 5.75 Å². The number of para-hydroxylation sites is 1. The van der Waals surface area contributed by atoms with Crippen molar-refractivity contribution >= 4 is 11.9 Å². The molecule has 0 saturated carbocycles. The lowest BCUT2D eigenvalue weighted by molar-refractivity contribution is -0.137. The molecule has 142 valence electrons. The van der Waals surface area contributed by atoms with E-state index in [1.807, 2.05) is 0 Å². The number of hydrogen-bond acceptors (Lipinski definition) is 4. The zero-order valence-corrected chi connectivity index (χ0v) is 15.0. The molecule has 0 heterocycles. The summed E-state index contributed by atoms with van der Waals surface area (Å²) in [6, 6.07) is 6.50. The maximum Gasteiger partial charge on any atom is 0.303 e. The van der Waals surface area contributed by atoms with Gasteiger partial charge in [0.25, 0.3) is 5.91 Å². The molecule has 0 aliphatic carbocycles. The third-order valence-corrected chi connectivity index (χ3v) is 3.50. The van der Waals surface area contributed by atoms with E-state index >= 15 is 0 Å².